The second kappa shape index (κ2) is 13.0. The molecule has 228 valence electrons. The summed E-state index contributed by atoms with van der Waals surface area (Å²) in [5.74, 6) is 0.620. The SMILES string of the molecule is CCCCN1C(=O)C(CC2CCCCC2)NC(=O)C12CCN(Cc1c(C)nn(-c3ccc(C(=O)NC)cc3)c1C)CC2. The van der Waals surface area contributed by atoms with Gasteiger partial charge in [-0.25, -0.2) is 4.68 Å². The van der Waals surface area contributed by atoms with Gasteiger partial charge in [-0.2, -0.15) is 5.10 Å². The molecular weight excluding hydrogens is 528 g/mol. The van der Waals surface area contributed by atoms with Gasteiger partial charge in [0, 0.05) is 50.0 Å². The number of piperazine rings is 1. The smallest absolute Gasteiger partial charge is 0.251 e. The van der Waals surface area contributed by atoms with Gasteiger partial charge in [0.05, 0.1) is 11.4 Å². The van der Waals surface area contributed by atoms with Gasteiger partial charge in [0.25, 0.3) is 5.91 Å². The van der Waals surface area contributed by atoms with Crippen LogP contribution < -0.4 is 10.6 Å². The van der Waals surface area contributed by atoms with E-state index in [2.05, 4.69) is 29.4 Å². The number of likely N-dealkylation sites (tertiary alicyclic amines) is 1. The molecule has 1 saturated carbocycles. The monoisotopic (exact) mass is 576 g/mol. The average molecular weight is 577 g/mol. The topological polar surface area (TPSA) is 99.6 Å². The standard InChI is InChI=1S/C33H48N6O3/c1-5-6-18-38-31(41)29(21-25-10-8-7-9-11-25)35-32(42)33(38)16-19-37(20-17-33)22-28-23(2)36-39(24(28)3)27-14-12-26(13-15-27)30(40)34-4/h12-15,25,29H,5-11,16-22H2,1-4H3,(H,34,40)(H,35,42). The van der Waals surface area contributed by atoms with Gasteiger partial charge in [-0.3, -0.25) is 19.3 Å². The van der Waals surface area contributed by atoms with Crippen molar-refractivity contribution in [1.29, 1.82) is 0 Å². The lowest BCUT2D eigenvalue weighted by Crippen LogP contribution is -2.73. The van der Waals surface area contributed by atoms with E-state index < -0.39 is 5.54 Å². The summed E-state index contributed by atoms with van der Waals surface area (Å²) in [6.45, 7) is 9.18. The third kappa shape index (κ3) is 5.98. The number of nitrogens with one attached hydrogen (secondary N) is 2. The van der Waals surface area contributed by atoms with E-state index in [1.807, 2.05) is 40.8 Å². The lowest BCUT2D eigenvalue weighted by molar-refractivity contribution is -0.162. The number of benzene rings is 1. The predicted molar refractivity (Wildman–Crippen MR) is 163 cm³/mol. The highest BCUT2D eigenvalue weighted by molar-refractivity contribution is 6.00. The van der Waals surface area contributed by atoms with E-state index >= 15 is 0 Å². The first-order valence-electron chi connectivity index (χ1n) is 16.0. The molecule has 2 aromatic rings. The van der Waals surface area contributed by atoms with Gasteiger partial charge in [0.1, 0.15) is 11.6 Å². The zero-order chi connectivity index (χ0) is 29.9. The van der Waals surface area contributed by atoms with Crippen molar-refractivity contribution in [2.75, 3.05) is 26.7 Å². The van der Waals surface area contributed by atoms with Gasteiger partial charge >= 0.3 is 0 Å². The first kappa shape index (κ1) is 30.3. The quantitative estimate of drug-likeness (QED) is 0.464. The fourth-order valence-corrected chi connectivity index (χ4v) is 7.29. The molecule has 5 rings (SSSR count). The second-order valence-electron chi connectivity index (χ2n) is 12.6. The van der Waals surface area contributed by atoms with E-state index in [9.17, 15) is 14.4 Å². The number of piperidine rings is 1. The summed E-state index contributed by atoms with van der Waals surface area (Å²) in [4.78, 5) is 44.0. The highest BCUT2D eigenvalue weighted by Crippen LogP contribution is 2.36. The number of hydrogen-bond acceptors (Lipinski definition) is 5. The summed E-state index contributed by atoms with van der Waals surface area (Å²) >= 11 is 0. The number of hydrogen-bond donors (Lipinski definition) is 2. The number of aromatic nitrogens is 2. The van der Waals surface area contributed by atoms with Gasteiger partial charge < -0.3 is 15.5 Å². The first-order chi connectivity index (χ1) is 20.3. The second-order valence-corrected chi connectivity index (χ2v) is 12.6. The summed E-state index contributed by atoms with van der Waals surface area (Å²) in [5, 5.41) is 10.7. The number of unbranched alkanes of at least 4 members (excludes halogenated alkanes) is 1. The molecule has 3 amide bonds. The molecule has 2 N–H and O–H groups in total. The molecule has 1 aromatic heterocycles. The van der Waals surface area contributed by atoms with Crippen LogP contribution in [0.25, 0.3) is 5.69 Å². The highest BCUT2D eigenvalue weighted by atomic mass is 16.2. The maximum absolute atomic E-state index is 13.9. The molecule has 1 spiro atoms. The van der Waals surface area contributed by atoms with E-state index in [-0.39, 0.29) is 23.8 Å². The van der Waals surface area contributed by atoms with Crippen molar-refractivity contribution in [3.63, 3.8) is 0 Å². The number of nitrogens with zero attached hydrogens (tertiary/aromatic N) is 4. The molecule has 3 heterocycles. The van der Waals surface area contributed by atoms with Gasteiger partial charge in [0.2, 0.25) is 11.8 Å². The minimum Gasteiger partial charge on any atom is -0.355 e. The minimum atomic E-state index is -0.743. The molecule has 42 heavy (non-hydrogen) atoms. The third-order valence-corrected chi connectivity index (χ3v) is 9.95. The highest BCUT2D eigenvalue weighted by Gasteiger charge is 2.53. The van der Waals surface area contributed by atoms with Crippen molar-refractivity contribution >= 4 is 17.7 Å². The lowest BCUT2D eigenvalue weighted by atomic mass is 9.79. The van der Waals surface area contributed by atoms with Crippen molar-refractivity contribution < 1.29 is 14.4 Å². The Bertz CT molecular complexity index is 1270. The number of amides is 3. The molecule has 9 heteroatoms. The Hall–Kier alpha value is -3.20. The van der Waals surface area contributed by atoms with Crippen molar-refractivity contribution in [1.82, 2.24) is 30.2 Å². The van der Waals surface area contributed by atoms with Crippen LogP contribution in [0.15, 0.2) is 24.3 Å². The van der Waals surface area contributed by atoms with E-state index in [1.165, 1.54) is 37.7 Å². The van der Waals surface area contributed by atoms with Crippen LogP contribution in [0.1, 0.15) is 98.4 Å². The van der Waals surface area contributed by atoms with Crippen molar-refractivity contribution in [2.24, 2.45) is 5.92 Å². The van der Waals surface area contributed by atoms with E-state index in [1.54, 1.807) is 7.05 Å². The largest absolute Gasteiger partial charge is 0.355 e. The number of carbonyl (C=O) groups excluding carboxylic acids is 3. The Balaban J connectivity index is 1.27. The molecular formula is C33H48N6O3. The normalized spacial score (nSPS) is 21.5. The summed E-state index contributed by atoms with van der Waals surface area (Å²) < 4.78 is 1.94. The van der Waals surface area contributed by atoms with E-state index in [0.29, 0.717) is 30.9 Å². The van der Waals surface area contributed by atoms with Crippen LogP contribution in [-0.2, 0) is 16.1 Å². The predicted octanol–water partition coefficient (Wildman–Crippen LogP) is 4.28. The Labute approximate surface area is 250 Å². The van der Waals surface area contributed by atoms with Gasteiger partial charge in [-0.15, -0.1) is 0 Å². The zero-order valence-corrected chi connectivity index (χ0v) is 25.9. The summed E-state index contributed by atoms with van der Waals surface area (Å²) in [7, 11) is 1.63. The van der Waals surface area contributed by atoms with Crippen molar-refractivity contribution in [2.45, 2.75) is 103 Å². The first-order valence-corrected chi connectivity index (χ1v) is 16.0. The summed E-state index contributed by atoms with van der Waals surface area (Å²) in [6, 6.07) is 7.10. The molecule has 1 aromatic carbocycles. The van der Waals surface area contributed by atoms with Crippen LogP contribution >= 0.6 is 0 Å². The molecule has 2 aliphatic heterocycles. The van der Waals surface area contributed by atoms with Crippen LogP contribution in [0.2, 0.25) is 0 Å². The average Bonchev–Trinajstić information content (AvgIpc) is 3.29. The Kier molecular flexibility index (Phi) is 9.35. The molecule has 1 atom stereocenters. The lowest BCUT2D eigenvalue weighted by Gasteiger charge is -2.52. The summed E-state index contributed by atoms with van der Waals surface area (Å²) in [5.41, 5.74) is 4.01. The Morgan fingerprint density at radius 2 is 1.76 bits per heavy atom. The molecule has 0 radical (unpaired) electrons. The van der Waals surface area contributed by atoms with Crippen LogP contribution in [-0.4, -0.2) is 75.6 Å². The molecule has 0 bridgehead atoms. The van der Waals surface area contributed by atoms with Crippen LogP contribution in [0.3, 0.4) is 0 Å². The van der Waals surface area contributed by atoms with E-state index in [0.717, 1.165) is 56.0 Å². The molecule has 3 fully saturated rings. The zero-order valence-electron chi connectivity index (χ0n) is 25.9. The Morgan fingerprint density at radius 3 is 2.40 bits per heavy atom. The minimum absolute atomic E-state index is 0.0547. The maximum atomic E-state index is 13.9. The van der Waals surface area contributed by atoms with Crippen LogP contribution in [0, 0.1) is 19.8 Å². The van der Waals surface area contributed by atoms with Gasteiger partial charge in [0.15, 0.2) is 0 Å². The van der Waals surface area contributed by atoms with Crippen LogP contribution in [0.5, 0.6) is 0 Å². The fourth-order valence-electron chi connectivity index (χ4n) is 7.29. The van der Waals surface area contributed by atoms with Gasteiger partial charge in [-0.05, 0) is 69.7 Å². The maximum Gasteiger partial charge on any atom is 0.251 e. The molecule has 1 unspecified atom stereocenters. The van der Waals surface area contributed by atoms with E-state index in [4.69, 9.17) is 5.10 Å². The fraction of sp³-hybridized carbons (Fsp3) is 0.636. The molecule has 9 nitrogen and oxygen atoms in total. The molecule has 2 saturated heterocycles. The molecule has 1 aliphatic carbocycles. The Morgan fingerprint density at radius 1 is 1.07 bits per heavy atom. The number of carbonyl (C=O) groups is 3. The van der Waals surface area contributed by atoms with Gasteiger partial charge in [-0.1, -0.05) is 45.4 Å². The van der Waals surface area contributed by atoms with Crippen LogP contribution in [0.4, 0.5) is 0 Å². The number of rotatable bonds is 9. The van der Waals surface area contributed by atoms with Crippen molar-refractivity contribution in [3.05, 3.63) is 46.8 Å². The van der Waals surface area contributed by atoms with Crippen molar-refractivity contribution in [3.8, 4) is 5.69 Å². The molecule has 3 aliphatic rings. The number of aryl methyl sites for hydroxylation is 1. The third-order valence-electron chi connectivity index (χ3n) is 9.95. The summed E-state index contributed by atoms with van der Waals surface area (Å²) in [6.07, 6.45) is 10.1.